The third kappa shape index (κ3) is 7.64. The van der Waals surface area contributed by atoms with E-state index in [9.17, 15) is 4.79 Å². The van der Waals surface area contributed by atoms with Crippen molar-refractivity contribution in [3.05, 3.63) is 59.8 Å². The van der Waals surface area contributed by atoms with Crippen molar-refractivity contribution in [1.29, 1.82) is 0 Å². The number of aryl methyl sites for hydroxylation is 1. The Balaban J connectivity index is 1.45. The van der Waals surface area contributed by atoms with Gasteiger partial charge in [-0.1, -0.05) is 54.9 Å². The van der Waals surface area contributed by atoms with Crippen LogP contribution in [0, 0.1) is 12.8 Å². The maximum Gasteiger partial charge on any atom is 0.273 e. The Morgan fingerprint density at radius 1 is 0.977 bits per heavy atom. The highest BCUT2D eigenvalue weighted by Crippen LogP contribution is 2.43. The number of rotatable bonds is 13. The summed E-state index contributed by atoms with van der Waals surface area (Å²) in [5.74, 6) is 1.12. The second-order valence-corrected chi connectivity index (χ2v) is 13.4. The van der Waals surface area contributed by atoms with Gasteiger partial charge in [-0.25, -0.2) is 4.98 Å². The number of thiazole rings is 1. The van der Waals surface area contributed by atoms with Crippen molar-refractivity contribution in [2.45, 2.75) is 82.7 Å². The first-order valence-corrected chi connectivity index (χ1v) is 17.0. The van der Waals surface area contributed by atoms with Crippen LogP contribution in [-0.2, 0) is 19.7 Å². The molecule has 0 bridgehead atoms. The van der Waals surface area contributed by atoms with Crippen LogP contribution in [0.1, 0.15) is 75.3 Å². The fraction of sp³-hybridized carbons (Fsp3) is 0.556. The molecule has 5 rings (SSSR count). The molecule has 2 aromatic carbocycles. The molecule has 2 saturated carbocycles. The van der Waals surface area contributed by atoms with Crippen LogP contribution in [0.3, 0.4) is 0 Å². The minimum atomic E-state index is -0.115. The summed E-state index contributed by atoms with van der Waals surface area (Å²) in [5, 5.41) is 0.635. The standard InChI is InChI=1S/C36H48N2O5S/c1-26-22-29(14-17-32(26)41-3)36(18-6-5-7-19-36)25-38(30-11-8-10-28(23-30)33-24-37-35(42-4)44-33)34(39)27-12-15-31(16-13-27)43-21-9-20-40-2/h8,10-11,14,17,22-24,27,31H,5-7,9,12-13,15-16,18-21,25H2,1-4H3. The topological polar surface area (TPSA) is 70.1 Å². The van der Waals surface area contributed by atoms with E-state index in [2.05, 4.69) is 59.3 Å². The van der Waals surface area contributed by atoms with Crippen LogP contribution >= 0.6 is 11.3 Å². The van der Waals surface area contributed by atoms with Gasteiger partial charge in [0.25, 0.3) is 5.19 Å². The minimum Gasteiger partial charge on any atom is -0.496 e. The van der Waals surface area contributed by atoms with E-state index in [1.807, 2.05) is 6.20 Å². The highest BCUT2D eigenvalue weighted by molar-refractivity contribution is 7.16. The molecule has 0 spiro atoms. The van der Waals surface area contributed by atoms with Gasteiger partial charge in [-0.15, -0.1) is 0 Å². The van der Waals surface area contributed by atoms with E-state index in [0.717, 1.165) is 72.4 Å². The number of aromatic nitrogens is 1. The number of hydrogen-bond donors (Lipinski definition) is 0. The van der Waals surface area contributed by atoms with Gasteiger partial charge in [-0.2, -0.15) is 0 Å². The largest absolute Gasteiger partial charge is 0.496 e. The number of amides is 1. The molecule has 0 N–H and O–H groups in total. The average Bonchev–Trinajstić information content (AvgIpc) is 3.56. The predicted octanol–water partition coefficient (Wildman–Crippen LogP) is 7.98. The third-order valence-electron chi connectivity index (χ3n) is 9.52. The van der Waals surface area contributed by atoms with Gasteiger partial charge < -0.3 is 23.8 Å². The summed E-state index contributed by atoms with van der Waals surface area (Å²) in [5.41, 5.74) is 4.33. The van der Waals surface area contributed by atoms with Crippen molar-refractivity contribution in [2.24, 2.45) is 5.92 Å². The Bertz CT molecular complexity index is 1360. The molecule has 44 heavy (non-hydrogen) atoms. The van der Waals surface area contributed by atoms with Crippen LogP contribution in [0.4, 0.5) is 5.69 Å². The number of hydrogen-bond acceptors (Lipinski definition) is 7. The second-order valence-electron chi connectivity index (χ2n) is 12.4. The van der Waals surface area contributed by atoms with Crippen molar-refractivity contribution in [1.82, 2.24) is 4.98 Å². The SMILES string of the molecule is COCCCOC1CCC(C(=O)N(CC2(c3ccc(OC)c(C)c3)CCCCC2)c2cccc(-c3cnc(OC)s3)c2)CC1. The van der Waals surface area contributed by atoms with E-state index in [1.54, 1.807) is 21.3 Å². The highest BCUT2D eigenvalue weighted by Gasteiger charge is 2.40. The lowest BCUT2D eigenvalue weighted by Crippen LogP contribution is -2.48. The molecule has 8 heteroatoms. The Morgan fingerprint density at radius 2 is 1.77 bits per heavy atom. The summed E-state index contributed by atoms with van der Waals surface area (Å²) < 4.78 is 22.3. The fourth-order valence-electron chi connectivity index (χ4n) is 7.04. The summed E-state index contributed by atoms with van der Waals surface area (Å²) in [6.45, 7) is 4.21. The quantitative estimate of drug-likeness (QED) is 0.181. The maximum absolute atomic E-state index is 14.6. The van der Waals surface area contributed by atoms with Gasteiger partial charge in [0.2, 0.25) is 5.91 Å². The molecule has 3 aromatic rings. The summed E-state index contributed by atoms with van der Waals surface area (Å²) in [6.07, 6.45) is 12.2. The first-order valence-electron chi connectivity index (χ1n) is 16.1. The first kappa shape index (κ1) is 32.5. The van der Waals surface area contributed by atoms with Gasteiger partial charge in [-0.3, -0.25) is 4.79 Å². The lowest BCUT2D eigenvalue weighted by atomic mass is 9.68. The molecule has 1 aromatic heterocycles. The van der Waals surface area contributed by atoms with Crippen LogP contribution < -0.4 is 14.4 Å². The van der Waals surface area contributed by atoms with E-state index in [-0.39, 0.29) is 23.3 Å². The number of methoxy groups -OCH3 is 3. The average molecular weight is 621 g/mol. The summed E-state index contributed by atoms with van der Waals surface area (Å²) in [7, 11) is 5.09. The van der Waals surface area contributed by atoms with Crippen molar-refractivity contribution < 1.29 is 23.7 Å². The zero-order valence-corrected chi connectivity index (χ0v) is 27.6. The van der Waals surface area contributed by atoms with Gasteiger partial charge in [0.15, 0.2) is 0 Å². The molecular formula is C36H48N2O5S. The summed E-state index contributed by atoms with van der Waals surface area (Å²) in [4.78, 5) is 22.2. The van der Waals surface area contributed by atoms with Gasteiger partial charge >= 0.3 is 0 Å². The number of carbonyl (C=O) groups excluding carboxylic acids is 1. The smallest absolute Gasteiger partial charge is 0.273 e. The van der Waals surface area contributed by atoms with E-state index >= 15 is 0 Å². The van der Waals surface area contributed by atoms with Crippen LogP contribution in [-0.4, -0.2) is 58.1 Å². The van der Waals surface area contributed by atoms with Gasteiger partial charge in [0, 0.05) is 50.1 Å². The molecule has 0 aliphatic heterocycles. The van der Waals surface area contributed by atoms with Crippen LogP contribution in [0.25, 0.3) is 10.4 Å². The third-order valence-corrected chi connectivity index (χ3v) is 10.5. The number of anilines is 1. The zero-order valence-electron chi connectivity index (χ0n) is 26.8. The number of nitrogens with zero attached hydrogens (tertiary/aromatic N) is 2. The van der Waals surface area contributed by atoms with E-state index in [4.69, 9.17) is 18.9 Å². The predicted molar refractivity (Wildman–Crippen MR) is 177 cm³/mol. The van der Waals surface area contributed by atoms with E-state index in [1.165, 1.54) is 36.2 Å². The van der Waals surface area contributed by atoms with Gasteiger partial charge in [0.05, 0.1) is 25.2 Å². The van der Waals surface area contributed by atoms with Crippen molar-refractivity contribution in [2.75, 3.05) is 46.0 Å². The molecule has 2 aliphatic rings. The molecule has 2 fully saturated rings. The number of carbonyl (C=O) groups is 1. The van der Waals surface area contributed by atoms with Gasteiger partial charge in [0.1, 0.15) is 5.75 Å². The van der Waals surface area contributed by atoms with E-state index < -0.39 is 0 Å². The van der Waals surface area contributed by atoms with Crippen molar-refractivity contribution in [3.8, 4) is 21.4 Å². The second kappa shape index (κ2) is 15.4. The Hall–Kier alpha value is -2.94. The lowest BCUT2D eigenvalue weighted by molar-refractivity contribution is -0.124. The molecule has 1 amide bonds. The van der Waals surface area contributed by atoms with Crippen molar-refractivity contribution >= 4 is 22.9 Å². The fourth-order valence-corrected chi connectivity index (χ4v) is 7.76. The molecule has 0 saturated heterocycles. The molecule has 0 atom stereocenters. The molecular weight excluding hydrogens is 572 g/mol. The van der Waals surface area contributed by atoms with Crippen molar-refractivity contribution in [3.63, 3.8) is 0 Å². The van der Waals surface area contributed by atoms with Crippen LogP contribution in [0.5, 0.6) is 10.9 Å². The Kier molecular flexibility index (Phi) is 11.3. The summed E-state index contributed by atoms with van der Waals surface area (Å²) >= 11 is 1.52. The monoisotopic (exact) mass is 620 g/mol. The zero-order chi connectivity index (χ0) is 30.9. The summed E-state index contributed by atoms with van der Waals surface area (Å²) in [6, 6.07) is 15.0. The number of ether oxygens (including phenoxy) is 4. The minimum absolute atomic E-state index is 0.0146. The first-order chi connectivity index (χ1) is 21.5. The van der Waals surface area contributed by atoms with Gasteiger partial charge in [-0.05, 0) is 86.8 Å². The van der Waals surface area contributed by atoms with E-state index in [0.29, 0.717) is 25.0 Å². The number of benzene rings is 2. The molecule has 0 radical (unpaired) electrons. The van der Waals surface area contributed by atoms with Crippen LogP contribution in [0.15, 0.2) is 48.7 Å². The molecule has 1 heterocycles. The maximum atomic E-state index is 14.6. The molecule has 0 unspecified atom stereocenters. The van der Waals surface area contributed by atoms with Crippen LogP contribution in [0.2, 0.25) is 0 Å². The molecule has 2 aliphatic carbocycles. The molecule has 7 nitrogen and oxygen atoms in total. The lowest BCUT2D eigenvalue weighted by Gasteiger charge is -2.43. The molecule has 238 valence electrons. The highest BCUT2D eigenvalue weighted by atomic mass is 32.1. The normalized spacial score (nSPS) is 19.8. The Morgan fingerprint density at radius 3 is 2.45 bits per heavy atom. The Labute approximate surface area is 266 Å².